The monoisotopic (exact) mass is 642 g/mol. The van der Waals surface area contributed by atoms with Crippen LogP contribution in [-0.2, 0) is 19.3 Å². The van der Waals surface area contributed by atoms with Crippen molar-refractivity contribution in [1.82, 2.24) is 10.2 Å². The van der Waals surface area contributed by atoms with Gasteiger partial charge in [0.15, 0.2) is 11.5 Å². The van der Waals surface area contributed by atoms with Crippen LogP contribution in [0.5, 0.6) is 17.2 Å². The summed E-state index contributed by atoms with van der Waals surface area (Å²) in [7, 11) is 1.79. The molecule has 3 aromatic carbocycles. The van der Waals surface area contributed by atoms with Gasteiger partial charge in [-0.3, -0.25) is 4.90 Å². The van der Waals surface area contributed by atoms with Gasteiger partial charge in [-0.15, -0.1) is 29.4 Å². The van der Waals surface area contributed by atoms with E-state index >= 15 is 0 Å². The summed E-state index contributed by atoms with van der Waals surface area (Å²) in [6.45, 7) is 5.54. The number of halogens is 2. The Bertz CT molecular complexity index is 1320. The SMILES string of the molecule is Br.COc1c(C)ccc2c1CC[C@@H]1NCC[C@H]21.Cl.Oc1ccc2c(c1O)CC[C@H]1[C@@H]2CCN1CCc1ccccc1. The molecular weight excluding hydrogens is 600 g/mol. The molecule has 2 aliphatic heterocycles. The third-order valence-electron chi connectivity index (χ3n) is 9.73. The van der Waals surface area contributed by atoms with E-state index < -0.39 is 0 Å². The van der Waals surface area contributed by atoms with Crippen LogP contribution in [0.2, 0.25) is 0 Å². The van der Waals surface area contributed by atoms with Crippen molar-refractivity contribution in [3.05, 3.63) is 88.0 Å². The molecule has 3 aromatic rings. The summed E-state index contributed by atoms with van der Waals surface area (Å²) in [5.74, 6) is 2.46. The quantitative estimate of drug-likeness (QED) is 0.272. The Morgan fingerprint density at radius 3 is 2.39 bits per heavy atom. The summed E-state index contributed by atoms with van der Waals surface area (Å²) in [4.78, 5) is 2.62. The molecule has 7 heteroatoms. The van der Waals surface area contributed by atoms with Crippen LogP contribution in [0.25, 0.3) is 0 Å². The van der Waals surface area contributed by atoms with Gasteiger partial charge in [0, 0.05) is 36.0 Å². The highest BCUT2D eigenvalue weighted by molar-refractivity contribution is 8.93. The molecule has 222 valence electrons. The Kier molecular flexibility index (Phi) is 10.7. The number of hydrogen-bond acceptors (Lipinski definition) is 5. The van der Waals surface area contributed by atoms with Crippen LogP contribution in [-0.4, -0.2) is 53.9 Å². The van der Waals surface area contributed by atoms with Crippen LogP contribution in [0, 0.1) is 6.92 Å². The van der Waals surface area contributed by atoms with Crippen LogP contribution in [0.3, 0.4) is 0 Å². The van der Waals surface area contributed by atoms with Crippen molar-refractivity contribution in [1.29, 1.82) is 0 Å². The van der Waals surface area contributed by atoms with Crippen molar-refractivity contribution in [2.45, 2.75) is 75.8 Å². The van der Waals surface area contributed by atoms with Crippen molar-refractivity contribution in [3.8, 4) is 17.2 Å². The summed E-state index contributed by atoms with van der Waals surface area (Å²) >= 11 is 0. The molecule has 0 spiro atoms. The normalized spacial score (nSPS) is 23.9. The van der Waals surface area contributed by atoms with E-state index in [-0.39, 0.29) is 40.9 Å². The highest BCUT2D eigenvalue weighted by Gasteiger charge is 2.39. The Morgan fingerprint density at radius 1 is 0.878 bits per heavy atom. The summed E-state index contributed by atoms with van der Waals surface area (Å²) < 4.78 is 5.57. The fourth-order valence-electron chi connectivity index (χ4n) is 7.79. The fraction of sp³-hybridized carbons (Fsp3) is 0.471. The number of phenols is 2. The first-order valence-corrected chi connectivity index (χ1v) is 14.8. The number of likely N-dealkylation sites (tertiary alicyclic amines) is 1. The average Bonchev–Trinajstić information content (AvgIpc) is 3.62. The molecule has 0 amide bonds. The molecule has 0 unspecified atom stereocenters. The van der Waals surface area contributed by atoms with Gasteiger partial charge >= 0.3 is 0 Å². The van der Waals surface area contributed by atoms with Crippen LogP contribution in [0.1, 0.15) is 70.9 Å². The molecule has 0 radical (unpaired) electrons. The number of benzene rings is 3. The highest BCUT2D eigenvalue weighted by Crippen LogP contribution is 2.46. The van der Waals surface area contributed by atoms with Crippen LogP contribution in [0.4, 0.5) is 0 Å². The maximum absolute atomic E-state index is 10.1. The number of hydrogen-bond donors (Lipinski definition) is 3. The minimum atomic E-state index is 0. The second kappa shape index (κ2) is 13.8. The van der Waals surface area contributed by atoms with Crippen molar-refractivity contribution in [2.75, 3.05) is 26.7 Å². The van der Waals surface area contributed by atoms with Gasteiger partial charge in [0.25, 0.3) is 0 Å². The van der Waals surface area contributed by atoms with Gasteiger partial charge in [-0.2, -0.15) is 0 Å². The van der Waals surface area contributed by atoms with Crippen LogP contribution in [0.15, 0.2) is 54.6 Å². The molecule has 0 aromatic heterocycles. The Labute approximate surface area is 261 Å². The number of ether oxygens (including phenoxy) is 1. The van der Waals surface area contributed by atoms with E-state index in [9.17, 15) is 10.2 Å². The van der Waals surface area contributed by atoms with Gasteiger partial charge < -0.3 is 20.3 Å². The van der Waals surface area contributed by atoms with E-state index in [1.807, 2.05) is 6.07 Å². The minimum Gasteiger partial charge on any atom is -0.504 e. The van der Waals surface area contributed by atoms with Gasteiger partial charge in [-0.1, -0.05) is 48.5 Å². The molecule has 4 atom stereocenters. The molecule has 5 nitrogen and oxygen atoms in total. The summed E-state index contributed by atoms with van der Waals surface area (Å²) in [5.41, 5.74) is 7.88. The molecule has 2 heterocycles. The lowest BCUT2D eigenvalue weighted by atomic mass is 9.79. The number of phenolic OH excluding ortho intramolecular Hbond substituents is 2. The predicted octanol–water partition coefficient (Wildman–Crippen LogP) is 6.84. The maximum Gasteiger partial charge on any atom is 0.160 e. The molecule has 3 N–H and O–H groups in total. The second-order valence-electron chi connectivity index (χ2n) is 11.8. The van der Waals surface area contributed by atoms with Crippen molar-refractivity contribution in [3.63, 3.8) is 0 Å². The first-order chi connectivity index (χ1) is 19.0. The van der Waals surface area contributed by atoms with E-state index in [1.54, 1.807) is 13.2 Å². The number of nitrogens with one attached hydrogen (secondary N) is 1. The maximum atomic E-state index is 10.1. The zero-order valence-electron chi connectivity index (χ0n) is 24.1. The van der Waals surface area contributed by atoms with E-state index in [0.717, 1.165) is 62.4 Å². The lowest BCUT2D eigenvalue weighted by molar-refractivity contribution is 0.228. The molecule has 0 saturated carbocycles. The average molecular weight is 644 g/mol. The summed E-state index contributed by atoms with van der Waals surface area (Å²) in [6.07, 6.45) is 7.88. The number of aryl methyl sites for hydroxylation is 1. The van der Waals surface area contributed by atoms with E-state index in [0.29, 0.717) is 18.0 Å². The Morgan fingerprint density at radius 2 is 1.61 bits per heavy atom. The lowest BCUT2D eigenvalue weighted by Gasteiger charge is -2.33. The molecule has 2 saturated heterocycles. The topological polar surface area (TPSA) is 65.0 Å². The first kappa shape index (κ1) is 31.7. The van der Waals surface area contributed by atoms with Gasteiger partial charge in [-0.25, -0.2) is 0 Å². The zero-order valence-corrected chi connectivity index (χ0v) is 26.7. The predicted molar refractivity (Wildman–Crippen MR) is 174 cm³/mol. The zero-order chi connectivity index (χ0) is 26.9. The molecule has 0 bridgehead atoms. The van der Waals surface area contributed by atoms with Crippen molar-refractivity contribution in [2.24, 2.45) is 0 Å². The third-order valence-corrected chi connectivity index (χ3v) is 9.73. The van der Waals surface area contributed by atoms with Crippen LogP contribution >= 0.6 is 29.4 Å². The first-order valence-electron chi connectivity index (χ1n) is 14.8. The highest BCUT2D eigenvalue weighted by atomic mass is 79.9. The van der Waals surface area contributed by atoms with Gasteiger partial charge in [0.1, 0.15) is 5.75 Å². The van der Waals surface area contributed by atoms with Gasteiger partial charge in [-0.05, 0) is 98.8 Å². The molecular formula is C34H44BrClN2O3. The van der Waals surface area contributed by atoms with E-state index in [2.05, 4.69) is 59.6 Å². The van der Waals surface area contributed by atoms with Crippen molar-refractivity contribution >= 4 is 29.4 Å². The van der Waals surface area contributed by atoms with E-state index in [1.165, 1.54) is 47.2 Å². The summed E-state index contributed by atoms with van der Waals surface area (Å²) in [5, 5.41) is 23.4. The number of methoxy groups -OCH3 is 1. The lowest BCUT2D eigenvalue weighted by Crippen LogP contribution is -2.36. The largest absolute Gasteiger partial charge is 0.504 e. The molecule has 7 rings (SSSR count). The van der Waals surface area contributed by atoms with Crippen molar-refractivity contribution < 1.29 is 14.9 Å². The molecule has 41 heavy (non-hydrogen) atoms. The number of aromatic hydroxyl groups is 2. The smallest absolute Gasteiger partial charge is 0.160 e. The number of rotatable bonds is 4. The minimum absolute atomic E-state index is 0. The third kappa shape index (κ3) is 6.27. The molecule has 2 fully saturated rings. The second-order valence-corrected chi connectivity index (χ2v) is 11.8. The van der Waals surface area contributed by atoms with Crippen LogP contribution < -0.4 is 10.1 Å². The van der Waals surface area contributed by atoms with Gasteiger partial charge in [0.2, 0.25) is 0 Å². The standard InChI is InChI=1S/C20H23NO2.C14H19NO.BrH.ClH/c22-19-9-7-15-16-11-13-21(12-10-14-4-2-1-3-5-14)18(16)8-6-17(15)20(19)23;1-9-3-4-10-11-7-8-15-13(11)6-5-12(10)14(9)16-2;;/h1-5,7,9,16,18,22-23H,6,8,10-13H2;3-4,11,13,15H,5-8H2,1-2H3;2*1H/t16-,18+;11-,13+;;/m11../s1. The van der Waals surface area contributed by atoms with E-state index in [4.69, 9.17) is 4.74 Å². The molecule has 4 aliphatic rings. The fourth-order valence-corrected chi connectivity index (χ4v) is 7.79. The Hall–Kier alpha value is -2.25. The molecule has 2 aliphatic carbocycles. The number of nitrogens with zero attached hydrogens (tertiary/aromatic N) is 1. The summed E-state index contributed by atoms with van der Waals surface area (Å²) in [6, 6.07) is 20.1. The van der Waals surface area contributed by atoms with Gasteiger partial charge in [0.05, 0.1) is 7.11 Å². The Balaban J connectivity index is 0.000000190. The number of fused-ring (bicyclic) bond motifs is 6.